The zero-order valence-electron chi connectivity index (χ0n) is 12.0. The molecule has 1 saturated heterocycles. The number of benzene rings is 1. The number of nitrogens with one attached hydrogen (secondary N) is 1. The van der Waals surface area contributed by atoms with E-state index in [-0.39, 0.29) is 18.6 Å². The van der Waals surface area contributed by atoms with E-state index in [2.05, 4.69) is 15.2 Å². The van der Waals surface area contributed by atoms with Crippen molar-refractivity contribution in [3.63, 3.8) is 0 Å². The van der Waals surface area contributed by atoms with E-state index in [0.717, 1.165) is 24.9 Å². The molecule has 2 heterocycles. The minimum Gasteiger partial charge on any atom is -0.392 e. The Labute approximate surface area is 123 Å². The van der Waals surface area contributed by atoms with Crippen molar-refractivity contribution < 1.29 is 9.90 Å². The maximum absolute atomic E-state index is 12.5. The Morgan fingerprint density at radius 2 is 2.33 bits per heavy atom. The summed E-state index contributed by atoms with van der Waals surface area (Å²) in [6.07, 6.45) is 2.64. The fourth-order valence-electron chi connectivity index (χ4n) is 2.89. The average molecular weight is 285 g/mol. The molecule has 5 heteroatoms. The molecule has 0 aliphatic carbocycles. The van der Waals surface area contributed by atoms with Crippen LogP contribution in [0.3, 0.4) is 0 Å². The molecule has 3 rings (SSSR count). The van der Waals surface area contributed by atoms with E-state index in [1.807, 2.05) is 25.2 Å². The summed E-state index contributed by atoms with van der Waals surface area (Å²) in [5.41, 5.74) is 1.80. The van der Waals surface area contributed by atoms with Gasteiger partial charge in [-0.15, -0.1) is 0 Å². The number of aromatic nitrogens is 1. The standard InChI is InChI=1S/C16H19N3O2/c1-19-8-6-12(9-19)18-16(21)13-5-4-11-3-2-7-17-15(11)14(13)10-20/h2-5,7,12,20H,6,8-10H2,1H3,(H,18,21). The van der Waals surface area contributed by atoms with Crippen LogP contribution in [0.15, 0.2) is 30.5 Å². The van der Waals surface area contributed by atoms with Crippen LogP contribution in [0.1, 0.15) is 22.3 Å². The number of hydrogen-bond donors (Lipinski definition) is 2. The Morgan fingerprint density at radius 3 is 3.05 bits per heavy atom. The number of amides is 1. The highest BCUT2D eigenvalue weighted by molar-refractivity contribution is 6.00. The SMILES string of the molecule is CN1CCC(NC(=O)c2ccc3cccnc3c2CO)C1. The third kappa shape index (κ3) is 2.75. The van der Waals surface area contributed by atoms with Gasteiger partial charge in [0.25, 0.3) is 5.91 Å². The lowest BCUT2D eigenvalue weighted by atomic mass is 10.0. The predicted octanol–water partition coefficient (Wildman–Crippen LogP) is 1.16. The molecule has 0 saturated carbocycles. The molecule has 1 unspecified atom stereocenters. The van der Waals surface area contributed by atoms with Gasteiger partial charge >= 0.3 is 0 Å². The molecule has 1 amide bonds. The maximum Gasteiger partial charge on any atom is 0.251 e. The third-order valence-corrected chi connectivity index (χ3v) is 4.01. The van der Waals surface area contributed by atoms with E-state index in [4.69, 9.17) is 0 Å². The highest BCUT2D eigenvalue weighted by Crippen LogP contribution is 2.21. The number of hydrogen-bond acceptors (Lipinski definition) is 4. The van der Waals surface area contributed by atoms with Crippen LogP contribution in [0.25, 0.3) is 10.9 Å². The Bertz CT molecular complexity index is 672. The van der Waals surface area contributed by atoms with Gasteiger partial charge in [-0.05, 0) is 32.1 Å². The summed E-state index contributed by atoms with van der Waals surface area (Å²) in [7, 11) is 2.05. The molecule has 1 fully saturated rings. The van der Waals surface area contributed by atoms with Crippen molar-refractivity contribution in [1.82, 2.24) is 15.2 Å². The van der Waals surface area contributed by atoms with Crippen LogP contribution < -0.4 is 5.32 Å². The second kappa shape index (κ2) is 5.79. The Balaban J connectivity index is 1.90. The summed E-state index contributed by atoms with van der Waals surface area (Å²) in [6, 6.07) is 7.58. The fourth-order valence-corrected chi connectivity index (χ4v) is 2.89. The number of carbonyl (C=O) groups is 1. The van der Waals surface area contributed by atoms with Crippen molar-refractivity contribution in [2.24, 2.45) is 0 Å². The van der Waals surface area contributed by atoms with E-state index < -0.39 is 0 Å². The van der Waals surface area contributed by atoms with Gasteiger partial charge in [-0.3, -0.25) is 9.78 Å². The van der Waals surface area contributed by atoms with E-state index in [1.54, 1.807) is 12.3 Å². The number of fused-ring (bicyclic) bond motifs is 1. The first-order valence-corrected chi connectivity index (χ1v) is 7.16. The van der Waals surface area contributed by atoms with Crippen LogP contribution in [0.4, 0.5) is 0 Å². The highest BCUT2D eigenvalue weighted by Gasteiger charge is 2.23. The largest absolute Gasteiger partial charge is 0.392 e. The van der Waals surface area contributed by atoms with E-state index in [1.165, 1.54) is 0 Å². The van der Waals surface area contributed by atoms with Gasteiger partial charge < -0.3 is 15.3 Å². The first-order valence-electron chi connectivity index (χ1n) is 7.16. The molecule has 1 aliphatic rings. The van der Waals surface area contributed by atoms with Gasteiger partial charge in [0.05, 0.1) is 12.1 Å². The lowest BCUT2D eigenvalue weighted by Gasteiger charge is -2.15. The zero-order valence-corrected chi connectivity index (χ0v) is 12.0. The number of likely N-dealkylation sites (N-methyl/N-ethyl adjacent to an activating group) is 1. The minimum atomic E-state index is -0.193. The first kappa shape index (κ1) is 14.0. The number of carbonyl (C=O) groups excluding carboxylic acids is 1. The average Bonchev–Trinajstić information content (AvgIpc) is 2.91. The van der Waals surface area contributed by atoms with Crippen molar-refractivity contribution in [2.75, 3.05) is 20.1 Å². The monoisotopic (exact) mass is 285 g/mol. The Hall–Kier alpha value is -1.98. The summed E-state index contributed by atoms with van der Waals surface area (Å²) in [4.78, 5) is 18.9. The lowest BCUT2D eigenvalue weighted by Crippen LogP contribution is -2.37. The molecule has 0 radical (unpaired) electrons. The van der Waals surface area contributed by atoms with Gasteiger partial charge in [-0.25, -0.2) is 0 Å². The molecule has 110 valence electrons. The second-order valence-electron chi connectivity index (χ2n) is 5.55. The quantitative estimate of drug-likeness (QED) is 0.888. The van der Waals surface area contributed by atoms with E-state index in [9.17, 15) is 9.90 Å². The minimum absolute atomic E-state index is 0.132. The molecule has 21 heavy (non-hydrogen) atoms. The highest BCUT2D eigenvalue weighted by atomic mass is 16.3. The van der Waals surface area contributed by atoms with E-state index >= 15 is 0 Å². The number of aliphatic hydroxyl groups is 1. The molecule has 1 atom stereocenters. The van der Waals surface area contributed by atoms with Crippen molar-refractivity contribution >= 4 is 16.8 Å². The molecule has 1 aromatic carbocycles. The van der Waals surface area contributed by atoms with Crippen molar-refractivity contribution in [3.8, 4) is 0 Å². The molecule has 2 N–H and O–H groups in total. The Kier molecular flexibility index (Phi) is 3.86. The molecule has 1 aliphatic heterocycles. The number of pyridine rings is 1. The second-order valence-corrected chi connectivity index (χ2v) is 5.55. The molecule has 5 nitrogen and oxygen atoms in total. The summed E-state index contributed by atoms with van der Waals surface area (Å²) in [5.74, 6) is -0.132. The van der Waals surface area contributed by atoms with Crippen LogP contribution in [0.2, 0.25) is 0 Å². The van der Waals surface area contributed by atoms with Gasteiger partial charge in [0.2, 0.25) is 0 Å². The number of rotatable bonds is 3. The number of likely N-dealkylation sites (tertiary alicyclic amines) is 1. The molecule has 0 bridgehead atoms. The molecule has 0 spiro atoms. The van der Waals surface area contributed by atoms with Gasteiger partial charge in [0, 0.05) is 35.3 Å². The van der Waals surface area contributed by atoms with Crippen molar-refractivity contribution in [3.05, 3.63) is 41.6 Å². The van der Waals surface area contributed by atoms with Crippen LogP contribution in [0.5, 0.6) is 0 Å². The summed E-state index contributed by atoms with van der Waals surface area (Å²) < 4.78 is 0. The van der Waals surface area contributed by atoms with Crippen LogP contribution in [-0.2, 0) is 6.61 Å². The lowest BCUT2D eigenvalue weighted by molar-refractivity contribution is 0.0935. The molecule has 2 aromatic rings. The van der Waals surface area contributed by atoms with Gasteiger partial charge in [0.15, 0.2) is 0 Å². The van der Waals surface area contributed by atoms with Crippen molar-refractivity contribution in [2.45, 2.75) is 19.1 Å². The summed E-state index contributed by atoms with van der Waals surface area (Å²) in [5, 5.41) is 13.6. The normalized spacial score (nSPS) is 19.0. The first-order chi connectivity index (χ1) is 10.2. The maximum atomic E-state index is 12.5. The summed E-state index contributed by atoms with van der Waals surface area (Å²) >= 11 is 0. The predicted molar refractivity (Wildman–Crippen MR) is 81.0 cm³/mol. The van der Waals surface area contributed by atoms with Gasteiger partial charge in [-0.1, -0.05) is 12.1 Å². The molecule has 1 aromatic heterocycles. The molecular formula is C16H19N3O2. The van der Waals surface area contributed by atoms with E-state index in [0.29, 0.717) is 16.6 Å². The topological polar surface area (TPSA) is 65.5 Å². The number of aliphatic hydroxyl groups excluding tert-OH is 1. The number of nitrogens with zero attached hydrogens (tertiary/aromatic N) is 2. The summed E-state index contributed by atoms with van der Waals surface area (Å²) in [6.45, 7) is 1.67. The van der Waals surface area contributed by atoms with Gasteiger partial charge in [-0.2, -0.15) is 0 Å². The fraction of sp³-hybridized carbons (Fsp3) is 0.375. The third-order valence-electron chi connectivity index (χ3n) is 4.01. The van der Waals surface area contributed by atoms with Crippen LogP contribution in [0, 0.1) is 0 Å². The zero-order chi connectivity index (χ0) is 14.8. The smallest absolute Gasteiger partial charge is 0.251 e. The van der Waals surface area contributed by atoms with Gasteiger partial charge in [0.1, 0.15) is 0 Å². The van der Waals surface area contributed by atoms with Crippen LogP contribution >= 0.6 is 0 Å². The molecular weight excluding hydrogens is 266 g/mol. The van der Waals surface area contributed by atoms with Crippen molar-refractivity contribution in [1.29, 1.82) is 0 Å². The Morgan fingerprint density at radius 1 is 1.48 bits per heavy atom. The van der Waals surface area contributed by atoms with Crippen LogP contribution in [-0.4, -0.2) is 47.1 Å².